The topological polar surface area (TPSA) is 32.8 Å². The van der Waals surface area contributed by atoms with Crippen LogP contribution < -0.4 is 0 Å². The molecule has 0 radical (unpaired) electrons. The fourth-order valence-electron chi connectivity index (χ4n) is 2.83. The van der Waals surface area contributed by atoms with Crippen molar-refractivity contribution in [2.45, 2.75) is 25.4 Å². The van der Waals surface area contributed by atoms with Crippen molar-refractivity contribution in [2.75, 3.05) is 26.2 Å². The van der Waals surface area contributed by atoms with Crippen LogP contribution in [0.2, 0.25) is 0 Å². The number of ether oxygens (including phenoxy) is 1. The molecule has 0 amide bonds. The summed E-state index contributed by atoms with van der Waals surface area (Å²) in [7, 11) is 0. The highest BCUT2D eigenvalue weighted by atomic mass is 19.1. The molecule has 0 bridgehead atoms. The van der Waals surface area contributed by atoms with Gasteiger partial charge in [-0.1, -0.05) is 0 Å². The summed E-state index contributed by atoms with van der Waals surface area (Å²) in [5.41, 5.74) is 0.635. The molecule has 20 heavy (non-hydrogen) atoms. The first-order valence-electron chi connectivity index (χ1n) is 7.36. The number of benzene rings is 1. The molecule has 3 nitrogen and oxygen atoms in total. The summed E-state index contributed by atoms with van der Waals surface area (Å²) in [6, 6.07) is 5.90. The Morgan fingerprint density at radius 1 is 1.25 bits per heavy atom. The second-order valence-corrected chi connectivity index (χ2v) is 5.73. The van der Waals surface area contributed by atoms with Crippen LogP contribution in [0, 0.1) is 11.7 Å². The van der Waals surface area contributed by atoms with Crippen LogP contribution in [0.3, 0.4) is 0 Å². The maximum Gasteiger partial charge on any atom is 0.166 e. The van der Waals surface area contributed by atoms with Crippen molar-refractivity contribution in [1.29, 1.82) is 0 Å². The summed E-state index contributed by atoms with van der Waals surface area (Å²) < 4.78 is 18.1. The maximum atomic E-state index is 12.9. The number of ketones is 1. The predicted octanol–water partition coefficient (Wildman–Crippen LogP) is 2.51. The molecular formula is C16H20FNO2. The van der Waals surface area contributed by atoms with E-state index in [2.05, 4.69) is 4.90 Å². The van der Waals surface area contributed by atoms with Crippen LogP contribution >= 0.6 is 0 Å². The van der Waals surface area contributed by atoms with Crippen LogP contribution in [0.15, 0.2) is 24.3 Å². The number of rotatable bonds is 5. The van der Waals surface area contributed by atoms with E-state index in [0.29, 0.717) is 11.7 Å². The molecule has 0 spiro atoms. The Kier molecular flexibility index (Phi) is 4.13. The molecule has 4 heteroatoms. The zero-order chi connectivity index (χ0) is 13.9. The lowest BCUT2D eigenvalue weighted by molar-refractivity contribution is 0.0837. The normalized spacial score (nSPS) is 23.8. The Labute approximate surface area is 118 Å². The van der Waals surface area contributed by atoms with Crippen molar-refractivity contribution >= 4 is 5.78 Å². The van der Waals surface area contributed by atoms with E-state index in [4.69, 9.17) is 4.74 Å². The average molecular weight is 277 g/mol. The van der Waals surface area contributed by atoms with E-state index in [1.807, 2.05) is 0 Å². The Hall–Kier alpha value is -1.26. The molecule has 0 aromatic heterocycles. The van der Waals surface area contributed by atoms with Crippen LogP contribution in [0.25, 0.3) is 0 Å². The molecule has 0 saturated carbocycles. The zero-order valence-corrected chi connectivity index (χ0v) is 11.6. The van der Waals surface area contributed by atoms with Gasteiger partial charge < -0.3 is 9.64 Å². The molecule has 0 N–H and O–H groups in total. The van der Waals surface area contributed by atoms with Crippen molar-refractivity contribution in [2.24, 2.45) is 5.92 Å². The van der Waals surface area contributed by atoms with Gasteiger partial charge >= 0.3 is 0 Å². The standard InChI is InChI=1S/C16H20FNO2/c17-14-3-1-12(2-4-14)16(19)13-5-8-18(9-6-13)10-7-15-11-20-15/h1-4,13,15H,5-11H2. The molecule has 2 saturated heterocycles. The molecule has 3 rings (SSSR count). The third-order valence-electron chi connectivity index (χ3n) is 4.26. The summed E-state index contributed by atoms with van der Waals surface area (Å²) in [5.74, 6) is -0.0391. The van der Waals surface area contributed by atoms with Gasteiger partial charge in [0.1, 0.15) is 5.82 Å². The molecule has 108 valence electrons. The number of piperidine rings is 1. The number of carbonyl (C=O) groups excluding carboxylic acids is 1. The molecule has 2 aliphatic rings. The van der Waals surface area contributed by atoms with E-state index in [0.717, 1.165) is 45.5 Å². The number of Topliss-reactive ketones (excluding diaryl/α,β-unsaturated/α-hetero) is 1. The Morgan fingerprint density at radius 2 is 1.90 bits per heavy atom. The van der Waals surface area contributed by atoms with Crippen molar-refractivity contribution in [3.05, 3.63) is 35.6 Å². The monoisotopic (exact) mass is 277 g/mol. The fourth-order valence-corrected chi connectivity index (χ4v) is 2.83. The summed E-state index contributed by atoms with van der Waals surface area (Å²) >= 11 is 0. The van der Waals surface area contributed by atoms with Crippen LogP contribution in [-0.2, 0) is 4.74 Å². The van der Waals surface area contributed by atoms with Gasteiger partial charge in [-0.05, 0) is 56.6 Å². The summed E-state index contributed by atoms with van der Waals surface area (Å²) in [4.78, 5) is 14.7. The van der Waals surface area contributed by atoms with Crippen molar-refractivity contribution in [1.82, 2.24) is 4.90 Å². The number of carbonyl (C=O) groups is 1. The highest BCUT2D eigenvalue weighted by Gasteiger charge is 2.27. The van der Waals surface area contributed by atoms with E-state index in [9.17, 15) is 9.18 Å². The highest BCUT2D eigenvalue weighted by Crippen LogP contribution is 2.23. The van der Waals surface area contributed by atoms with E-state index >= 15 is 0 Å². The summed E-state index contributed by atoms with van der Waals surface area (Å²) in [6.07, 6.45) is 3.40. The molecule has 1 aromatic carbocycles. The largest absolute Gasteiger partial charge is 0.373 e. The smallest absolute Gasteiger partial charge is 0.166 e. The number of likely N-dealkylation sites (tertiary alicyclic amines) is 1. The van der Waals surface area contributed by atoms with Crippen molar-refractivity contribution < 1.29 is 13.9 Å². The first-order chi connectivity index (χ1) is 9.72. The minimum absolute atomic E-state index is 0.0916. The van der Waals surface area contributed by atoms with E-state index in [1.54, 1.807) is 12.1 Å². The fraction of sp³-hybridized carbons (Fsp3) is 0.562. The van der Waals surface area contributed by atoms with E-state index in [1.165, 1.54) is 12.1 Å². The van der Waals surface area contributed by atoms with E-state index in [-0.39, 0.29) is 17.5 Å². The molecule has 1 unspecified atom stereocenters. The van der Waals surface area contributed by atoms with E-state index < -0.39 is 0 Å². The predicted molar refractivity (Wildman–Crippen MR) is 74.3 cm³/mol. The lowest BCUT2D eigenvalue weighted by Gasteiger charge is -2.31. The number of nitrogens with zero attached hydrogens (tertiary/aromatic N) is 1. The van der Waals surface area contributed by atoms with Gasteiger partial charge in [0.25, 0.3) is 0 Å². The first-order valence-corrected chi connectivity index (χ1v) is 7.36. The molecule has 2 fully saturated rings. The molecule has 2 heterocycles. The minimum atomic E-state index is -0.293. The van der Waals surface area contributed by atoms with Gasteiger partial charge in [0.15, 0.2) is 5.78 Å². The minimum Gasteiger partial charge on any atom is -0.373 e. The van der Waals surface area contributed by atoms with Gasteiger partial charge in [-0.15, -0.1) is 0 Å². The molecule has 2 aliphatic heterocycles. The Bertz CT molecular complexity index is 462. The molecule has 0 aliphatic carbocycles. The highest BCUT2D eigenvalue weighted by molar-refractivity contribution is 5.97. The summed E-state index contributed by atoms with van der Waals surface area (Å²) in [5, 5.41) is 0. The van der Waals surface area contributed by atoms with Gasteiger partial charge in [0.2, 0.25) is 0 Å². The van der Waals surface area contributed by atoms with Gasteiger partial charge in [0, 0.05) is 18.0 Å². The molecule has 1 aromatic rings. The van der Waals surface area contributed by atoms with Crippen LogP contribution in [0.1, 0.15) is 29.6 Å². The lowest BCUT2D eigenvalue weighted by Crippen LogP contribution is -2.37. The lowest BCUT2D eigenvalue weighted by atomic mass is 9.89. The third-order valence-corrected chi connectivity index (χ3v) is 4.26. The van der Waals surface area contributed by atoms with Gasteiger partial charge in [-0.25, -0.2) is 4.39 Å². The second-order valence-electron chi connectivity index (χ2n) is 5.73. The zero-order valence-electron chi connectivity index (χ0n) is 11.6. The van der Waals surface area contributed by atoms with Crippen molar-refractivity contribution in [3.63, 3.8) is 0 Å². The Morgan fingerprint density at radius 3 is 2.50 bits per heavy atom. The number of halogens is 1. The molecular weight excluding hydrogens is 257 g/mol. The third kappa shape index (κ3) is 3.44. The first kappa shape index (κ1) is 13.7. The van der Waals surface area contributed by atoms with Crippen LogP contribution in [0.5, 0.6) is 0 Å². The van der Waals surface area contributed by atoms with Crippen LogP contribution in [-0.4, -0.2) is 43.0 Å². The number of hydrogen-bond acceptors (Lipinski definition) is 3. The van der Waals surface area contributed by atoms with Gasteiger partial charge in [-0.2, -0.15) is 0 Å². The summed E-state index contributed by atoms with van der Waals surface area (Å²) in [6.45, 7) is 3.94. The quantitative estimate of drug-likeness (QED) is 0.612. The van der Waals surface area contributed by atoms with Crippen LogP contribution in [0.4, 0.5) is 4.39 Å². The van der Waals surface area contributed by atoms with Gasteiger partial charge in [0.05, 0.1) is 12.7 Å². The second kappa shape index (κ2) is 6.02. The maximum absolute atomic E-state index is 12.9. The molecule has 1 atom stereocenters. The Balaban J connectivity index is 1.49. The van der Waals surface area contributed by atoms with Gasteiger partial charge in [-0.3, -0.25) is 4.79 Å². The number of hydrogen-bond donors (Lipinski definition) is 0. The average Bonchev–Trinajstić information content (AvgIpc) is 3.30. The number of epoxide rings is 1. The van der Waals surface area contributed by atoms with Crippen molar-refractivity contribution in [3.8, 4) is 0 Å². The SMILES string of the molecule is O=C(c1ccc(F)cc1)C1CCN(CCC2CO2)CC1.